The Balaban J connectivity index is 2.08. The van der Waals surface area contributed by atoms with Gasteiger partial charge in [-0.25, -0.2) is 8.42 Å². The number of aryl methyl sites for hydroxylation is 1. The van der Waals surface area contributed by atoms with Gasteiger partial charge in [-0.2, -0.15) is 0 Å². The van der Waals surface area contributed by atoms with Gasteiger partial charge >= 0.3 is 0 Å². The maximum absolute atomic E-state index is 14.1. The molecule has 3 aromatic rings. The quantitative estimate of drug-likeness (QED) is 0.246. The third kappa shape index (κ3) is 8.40. The second-order valence-electron chi connectivity index (χ2n) is 10.4. The van der Waals surface area contributed by atoms with Gasteiger partial charge in [0.25, 0.3) is 10.0 Å². The number of rotatable bonds is 13. The highest BCUT2D eigenvalue weighted by Gasteiger charge is 2.34. The molecule has 0 unspecified atom stereocenters. The zero-order valence-corrected chi connectivity index (χ0v) is 26.8. The summed E-state index contributed by atoms with van der Waals surface area (Å²) in [6.45, 7) is 7.57. The standard InChI is InChI=1S/C31H37Cl2N3O5S/c1-6-28(31(38)34-18-21(2)3)35(19-23-9-11-24(32)12-10-23)30(37)20-36(25-13-16-29(41-5)27(33)17-25)42(39,40)26-14-7-22(4)8-15-26/h7-17,21,28H,6,18-20H2,1-5H3,(H,34,38)/t28-/m1/s1. The highest BCUT2D eigenvalue weighted by Crippen LogP contribution is 2.32. The van der Waals surface area contributed by atoms with Crippen LogP contribution in [0.3, 0.4) is 0 Å². The molecule has 0 radical (unpaired) electrons. The molecular formula is C31H37Cl2N3O5S. The molecule has 226 valence electrons. The van der Waals surface area contributed by atoms with Gasteiger partial charge in [-0.1, -0.05) is 73.8 Å². The van der Waals surface area contributed by atoms with E-state index in [-0.39, 0.29) is 34.0 Å². The van der Waals surface area contributed by atoms with Crippen molar-refractivity contribution in [3.63, 3.8) is 0 Å². The number of amides is 2. The van der Waals surface area contributed by atoms with Gasteiger partial charge in [0.05, 0.1) is 22.7 Å². The molecule has 42 heavy (non-hydrogen) atoms. The Morgan fingerprint density at radius 2 is 1.62 bits per heavy atom. The summed E-state index contributed by atoms with van der Waals surface area (Å²) in [7, 11) is -2.77. The topological polar surface area (TPSA) is 96.0 Å². The lowest BCUT2D eigenvalue weighted by atomic mass is 10.1. The van der Waals surface area contributed by atoms with E-state index in [9.17, 15) is 18.0 Å². The number of sulfonamides is 1. The lowest BCUT2D eigenvalue weighted by Gasteiger charge is -2.33. The van der Waals surface area contributed by atoms with Crippen molar-refractivity contribution in [3.05, 3.63) is 87.9 Å². The first-order chi connectivity index (χ1) is 19.9. The first-order valence-electron chi connectivity index (χ1n) is 13.6. The number of ether oxygens (including phenoxy) is 1. The molecule has 1 atom stereocenters. The first kappa shape index (κ1) is 33.2. The summed E-state index contributed by atoms with van der Waals surface area (Å²) >= 11 is 12.5. The van der Waals surface area contributed by atoms with Crippen LogP contribution in [0.1, 0.15) is 38.3 Å². The summed E-state index contributed by atoms with van der Waals surface area (Å²) in [5.74, 6) is -0.299. The van der Waals surface area contributed by atoms with Gasteiger partial charge in [0.2, 0.25) is 11.8 Å². The Hall–Kier alpha value is -3.27. The molecule has 0 saturated carbocycles. The lowest BCUT2D eigenvalue weighted by Crippen LogP contribution is -2.52. The molecular weight excluding hydrogens is 597 g/mol. The third-order valence-electron chi connectivity index (χ3n) is 6.65. The fraction of sp³-hybridized carbons (Fsp3) is 0.355. The van der Waals surface area contributed by atoms with Gasteiger partial charge in [-0.3, -0.25) is 13.9 Å². The molecule has 2 amide bonds. The average molecular weight is 635 g/mol. The Bertz CT molecular complexity index is 1480. The van der Waals surface area contributed by atoms with Crippen molar-refractivity contribution in [2.24, 2.45) is 5.92 Å². The van der Waals surface area contributed by atoms with Crippen LogP contribution in [0.4, 0.5) is 5.69 Å². The van der Waals surface area contributed by atoms with Crippen molar-refractivity contribution < 1.29 is 22.7 Å². The molecule has 3 rings (SSSR count). The van der Waals surface area contributed by atoms with Crippen LogP contribution in [-0.2, 0) is 26.2 Å². The third-order valence-corrected chi connectivity index (χ3v) is 8.98. The number of hydrogen-bond donors (Lipinski definition) is 1. The molecule has 0 aliphatic carbocycles. The van der Waals surface area contributed by atoms with E-state index in [2.05, 4.69) is 5.32 Å². The van der Waals surface area contributed by atoms with E-state index >= 15 is 0 Å². The second kappa shape index (κ2) is 14.8. The van der Waals surface area contributed by atoms with Gasteiger partial charge in [0.15, 0.2) is 0 Å². The van der Waals surface area contributed by atoms with Gasteiger partial charge in [-0.15, -0.1) is 0 Å². The number of nitrogens with one attached hydrogen (secondary N) is 1. The highest BCUT2D eigenvalue weighted by molar-refractivity contribution is 7.92. The van der Waals surface area contributed by atoms with Gasteiger partial charge in [0.1, 0.15) is 18.3 Å². The van der Waals surface area contributed by atoms with Crippen LogP contribution in [0.2, 0.25) is 10.0 Å². The average Bonchev–Trinajstić information content (AvgIpc) is 2.95. The van der Waals surface area contributed by atoms with Crippen molar-refractivity contribution in [1.29, 1.82) is 0 Å². The zero-order chi connectivity index (χ0) is 31.0. The van der Waals surface area contributed by atoms with E-state index in [1.165, 1.54) is 36.3 Å². The Kier molecular flexibility index (Phi) is 11.7. The molecule has 8 nitrogen and oxygen atoms in total. The SMILES string of the molecule is CC[C@H](C(=O)NCC(C)C)N(Cc1ccc(Cl)cc1)C(=O)CN(c1ccc(OC)c(Cl)c1)S(=O)(=O)c1ccc(C)cc1. The molecule has 0 bridgehead atoms. The summed E-state index contributed by atoms with van der Waals surface area (Å²) in [5, 5.41) is 3.63. The fourth-order valence-corrected chi connectivity index (χ4v) is 6.09. The monoisotopic (exact) mass is 633 g/mol. The summed E-state index contributed by atoms with van der Waals surface area (Å²) in [6, 6.07) is 17.0. The van der Waals surface area contributed by atoms with Crippen LogP contribution in [0, 0.1) is 12.8 Å². The van der Waals surface area contributed by atoms with Crippen molar-refractivity contribution in [2.75, 3.05) is 24.5 Å². The molecule has 0 aliphatic heterocycles. The number of methoxy groups -OCH3 is 1. The molecule has 0 aliphatic rings. The minimum absolute atomic E-state index is 0.0128. The minimum Gasteiger partial charge on any atom is -0.495 e. The number of halogens is 2. The van der Waals surface area contributed by atoms with Crippen molar-refractivity contribution >= 4 is 50.7 Å². The predicted octanol–water partition coefficient (Wildman–Crippen LogP) is 6.09. The minimum atomic E-state index is -4.22. The van der Waals surface area contributed by atoms with Crippen LogP contribution in [0.25, 0.3) is 0 Å². The van der Waals surface area contributed by atoms with E-state index in [0.29, 0.717) is 23.7 Å². The maximum atomic E-state index is 14.1. The molecule has 1 N–H and O–H groups in total. The van der Waals surface area contributed by atoms with Crippen LogP contribution >= 0.6 is 23.2 Å². The summed E-state index contributed by atoms with van der Waals surface area (Å²) in [4.78, 5) is 28.9. The molecule has 0 fully saturated rings. The van der Waals surface area contributed by atoms with Crippen LogP contribution in [0.15, 0.2) is 71.6 Å². The predicted molar refractivity (Wildman–Crippen MR) is 168 cm³/mol. The van der Waals surface area contributed by atoms with E-state index < -0.39 is 28.5 Å². The van der Waals surface area contributed by atoms with E-state index in [4.69, 9.17) is 27.9 Å². The maximum Gasteiger partial charge on any atom is 0.264 e. The number of carbonyl (C=O) groups excluding carboxylic acids is 2. The second-order valence-corrected chi connectivity index (χ2v) is 13.1. The lowest BCUT2D eigenvalue weighted by molar-refractivity contribution is -0.140. The summed E-state index contributed by atoms with van der Waals surface area (Å²) < 4.78 is 34.3. The van der Waals surface area contributed by atoms with Crippen molar-refractivity contribution in [1.82, 2.24) is 10.2 Å². The number of carbonyl (C=O) groups is 2. The highest BCUT2D eigenvalue weighted by atomic mass is 35.5. The van der Waals surface area contributed by atoms with Gasteiger partial charge in [-0.05, 0) is 67.3 Å². The largest absolute Gasteiger partial charge is 0.495 e. The molecule has 0 aromatic heterocycles. The zero-order valence-electron chi connectivity index (χ0n) is 24.4. The number of benzene rings is 3. The number of hydrogen-bond acceptors (Lipinski definition) is 5. The molecule has 0 heterocycles. The number of anilines is 1. The Morgan fingerprint density at radius 1 is 0.976 bits per heavy atom. The van der Waals surface area contributed by atoms with Gasteiger partial charge in [0, 0.05) is 18.1 Å². The summed E-state index contributed by atoms with van der Waals surface area (Å²) in [6.07, 6.45) is 0.322. The molecule has 0 saturated heterocycles. The van der Waals surface area contributed by atoms with Crippen LogP contribution < -0.4 is 14.4 Å². The smallest absolute Gasteiger partial charge is 0.264 e. The normalized spacial score (nSPS) is 12.1. The first-order valence-corrected chi connectivity index (χ1v) is 15.8. The fourth-order valence-electron chi connectivity index (χ4n) is 4.31. The van der Waals surface area contributed by atoms with Crippen LogP contribution in [0.5, 0.6) is 5.75 Å². The van der Waals surface area contributed by atoms with Crippen molar-refractivity contribution in [3.8, 4) is 5.75 Å². The van der Waals surface area contributed by atoms with E-state index in [1.807, 2.05) is 27.7 Å². The molecule has 3 aromatic carbocycles. The van der Waals surface area contributed by atoms with Crippen LogP contribution in [-0.4, -0.2) is 51.4 Å². The van der Waals surface area contributed by atoms with E-state index in [1.54, 1.807) is 42.5 Å². The Morgan fingerprint density at radius 3 is 2.17 bits per heavy atom. The van der Waals surface area contributed by atoms with E-state index in [0.717, 1.165) is 15.4 Å². The number of nitrogens with zero attached hydrogens (tertiary/aromatic N) is 2. The summed E-state index contributed by atoms with van der Waals surface area (Å²) in [5.41, 5.74) is 1.80. The van der Waals surface area contributed by atoms with Crippen molar-refractivity contribution in [2.45, 2.75) is 51.6 Å². The Labute approximate surface area is 258 Å². The molecule has 11 heteroatoms. The van der Waals surface area contributed by atoms with Gasteiger partial charge < -0.3 is 15.0 Å². The molecule has 0 spiro atoms.